The smallest absolute Gasteiger partial charge is 0.124 e. The Morgan fingerprint density at radius 2 is 1.52 bits per heavy atom. The number of anilines is 1. The first-order valence-corrected chi connectivity index (χ1v) is 11.2. The first kappa shape index (κ1) is 24.6. The number of nitrogens with zero attached hydrogens (tertiary/aromatic N) is 2. The van der Waals surface area contributed by atoms with Crippen molar-refractivity contribution in [3.05, 3.63) is 89.7 Å². The highest BCUT2D eigenvalue weighted by molar-refractivity contribution is 5.51. The Morgan fingerprint density at radius 3 is 2.12 bits per heavy atom. The van der Waals surface area contributed by atoms with Gasteiger partial charge < -0.3 is 25.1 Å². The maximum Gasteiger partial charge on any atom is 0.124 e. The zero-order valence-electron chi connectivity index (χ0n) is 19.4. The van der Waals surface area contributed by atoms with Crippen LogP contribution in [0.25, 0.3) is 0 Å². The molecule has 0 aliphatic carbocycles. The van der Waals surface area contributed by atoms with Crippen molar-refractivity contribution in [2.24, 2.45) is 0 Å². The molecule has 0 radical (unpaired) electrons. The monoisotopic (exact) mass is 452 g/mol. The van der Waals surface area contributed by atoms with E-state index in [1.165, 1.54) is 18.2 Å². The van der Waals surface area contributed by atoms with Crippen LogP contribution in [0.5, 0.6) is 11.5 Å². The summed E-state index contributed by atoms with van der Waals surface area (Å²) in [4.78, 5) is 4.26. The number of aromatic hydroxyl groups is 2. The summed E-state index contributed by atoms with van der Waals surface area (Å²) in [5.41, 5.74) is 2.43. The summed E-state index contributed by atoms with van der Waals surface area (Å²) in [7, 11) is 6.00. The maximum atomic E-state index is 13.2. The molecular formula is C27H33FN2O3. The molecule has 0 heterocycles. The van der Waals surface area contributed by atoms with E-state index in [4.69, 9.17) is 0 Å². The van der Waals surface area contributed by atoms with Crippen LogP contribution < -0.4 is 4.90 Å². The average molecular weight is 453 g/mol. The SMILES string of the molecule is CN(C)C(CCCC(O)c1ccc(F)cc1)C(c1ccc(O)cc1O)N(C)c1ccccc1. The number of likely N-dealkylation sites (N-methyl/N-ethyl adjacent to an activating group) is 2. The van der Waals surface area contributed by atoms with Gasteiger partial charge >= 0.3 is 0 Å². The summed E-state index contributed by atoms with van der Waals surface area (Å²) in [5.74, 6) is -0.263. The van der Waals surface area contributed by atoms with Gasteiger partial charge in [0.15, 0.2) is 0 Å². The molecule has 3 atom stereocenters. The number of aliphatic hydroxyl groups is 1. The molecule has 0 bridgehead atoms. The van der Waals surface area contributed by atoms with Crippen LogP contribution in [0.2, 0.25) is 0 Å². The third-order valence-electron chi connectivity index (χ3n) is 6.17. The van der Waals surface area contributed by atoms with Crippen LogP contribution in [0.3, 0.4) is 0 Å². The molecule has 3 N–H and O–H groups in total. The summed E-state index contributed by atoms with van der Waals surface area (Å²) < 4.78 is 13.2. The lowest BCUT2D eigenvalue weighted by Crippen LogP contribution is -2.42. The molecule has 0 saturated heterocycles. The van der Waals surface area contributed by atoms with Crippen molar-refractivity contribution in [3.8, 4) is 11.5 Å². The Morgan fingerprint density at radius 1 is 0.848 bits per heavy atom. The van der Waals surface area contributed by atoms with Gasteiger partial charge in [-0.25, -0.2) is 4.39 Å². The number of benzene rings is 3. The number of phenols is 2. The second-order valence-corrected chi connectivity index (χ2v) is 8.66. The molecule has 6 heteroatoms. The number of hydrogen-bond acceptors (Lipinski definition) is 5. The minimum absolute atomic E-state index is 0.00562. The molecule has 3 aromatic rings. The second kappa shape index (κ2) is 11.2. The van der Waals surface area contributed by atoms with E-state index in [0.29, 0.717) is 12.0 Å². The predicted molar refractivity (Wildman–Crippen MR) is 130 cm³/mol. The van der Waals surface area contributed by atoms with E-state index in [9.17, 15) is 19.7 Å². The van der Waals surface area contributed by atoms with Gasteiger partial charge in [-0.05, 0) is 75.3 Å². The summed E-state index contributed by atoms with van der Waals surface area (Å²) in [6.45, 7) is 0. The summed E-state index contributed by atoms with van der Waals surface area (Å²) >= 11 is 0. The quantitative estimate of drug-likeness (QED) is 0.392. The number of phenolic OH excluding ortho intramolecular Hbond substituents is 2. The normalized spacial score (nSPS) is 14.1. The highest BCUT2D eigenvalue weighted by atomic mass is 19.1. The topological polar surface area (TPSA) is 67.2 Å². The van der Waals surface area contributed by atoms with Crippen molar-refractivity contribution in [1.29, 1.82) is 0 Å². The molecule has 0 aromatic heterocycles. The van der Waals surface area contributed by atoms with Crippen LogP contribution in [-0.4, -0.2) is 47.4 Å². The van der Waals surface area contributed by atoms with Gasteiger partial charge in [-0.3, -0.25) is 0 Å². The van der Waals surface area contributed by atoms with Crippen molar-refractivity contribution in [3.63, 3.8) is 0 Å². The van der Waals surface area contributed by atoms with Gasteiger partial charge in [0.1, 0.15) is 17.3 Å². The molecule has 3 rings (SSSR count). The minimum atomic E-state index is -0.666. The van der Waals surface area contributed by atoms with Crippen LogP contribution in [0, 0.1) is 5.82 Å². The molecule has 0 spiro atoms. The van der Waals surface area contributed by atoms with Crippen molar-refractivity contribution in [2.45, 2.75) is 37.5 Å². The zero-order chi connectivity index (χ0) is 24.0. The molecule has 0 saturated carbocycles. The van der Waals surface area contributed by atoms with Gasteiger partial charge in [0.05, 0.1) is 12.1 Å². The molecule has 3 unspecified atom stereocenters. The first-order valence-electron chi connectivity index (χ1n) is 11.2. The fourth-order valence-electron chi connectivity index (χ4n) is 4.35. The molecule has 5 nitrogen and oxygen atoms in total. The Balaban J connectivity index is 1.84. The summed E-state index contributed by atoms with van der Waals surface area (Å²) in [5, 5.41) is 31.1. The lowest BCUT2D eigenvalue weighted by atomic mass is 9.91. The van der Waals surface area contributed by atoms with E-state index < -0.39 is 6.10 Å². The number of rotatable bonds is 10. The Kier molecular flexibility index (Phi) is 8.31. The molecule has 33 heavy (non-hydrogen) atoms. The summed E-state index contributed by atoms with van der Waals surface area (Å²) in [6, 6.07) is 20.4. The predicted octanol–water partition coefficient (Wildman–Crippen LogP) is 5.25. The fourth-order valence-corrected chi connectivity index (χ4v) is 4.35. The number of aliphatic hydroxyl groups excluding tert-OH is 1. The van der Waals surface area contributed by atoms with E-state index >= 15 is 0 Å². The van der Waals surface area contributed by atoms with Gasteiger partial charge in [-0.15, -0.1) is 0 Å². The van der Waals surface area contributed by atoms with Gasteiger partial charge in [-0.1, -0.05) is 30.3 Å². The Labute approximate surface area is 195 Å². The van der Waals surface area contributed by atoms with Crippen molar-refractivity contribution in [1.82, 2.24) is 4.90 Å². The van der Waals surface area contributed by atoms with Crippen molar-refractivity contribution in [2.75, 3.05) is 26.0 Å². The average Bonchev–Trinajstić information content (AvgIpc) is 2.80. The lowest BCUT2D eigenvalue weighted by molar-refractivity contribution is 0.154. The standard InChI is InChI=1S/C27H33FN2O3/c1-29(2)24(10-7-11-25(32)19-12-14-20(28)15-13-19)27(23-17-16-22(31)18-26(23)33)30(3)21-8-5-4-6-9-21/h4-6,8-9,12-18,24-25,27,31-33H,7,10-11H2,1-3H3. The van der Waals surface area contributed by atoms with Gasteiger partial charge in [0, 0.05) is 30.4 Å². The number of para-hydroxylation sites is 1. The Hall–Kier alpha value is -3.09. The molecule has 0 aliphatic heterocycles. The molecule has 0 fully saturated rings. The largest absolute Gasteiger partial charge is 0.508 e. The van der Waals surface area contributed by atoms with Crippen molar-refractivity contribution >= 4 is 5.69 Å². The van der Waals surface area contributed by atoms with Crippen LogP contribution in [0.15, 0.2) is 72.8 Å². The van der Waals surface area contributed by atoms with Crippen LogP contribution in [0.4, 0.5) is 10.1 Å². The number of halogens is 1. The van der Waals surface area contributed by atoms with Crippen LogP contribution in [-0.2, 0) is 0 Å². The maximum absolute atomic E-state index is 13.2. The highest BCUT2D eigenvalue weighted by Gasteiger charge is 2.31. The van der Waals surface area contributed by atoms with E-state index in [0.717, 1.165) is 24.1 Å². The third kappa shape index (κ3) is 6.24. The fraction of sp³-hybridized carbons (Fsp3) is 0.333. The molecule has 0 amide bonds. The van der Waals surface area contributed by atoms with E-state index in [1.54, 1.807) is 24.3 Å². The Bertz CT molecular complexity index is 1010. The van der Waals surface area contributed by atoms with Crippen molar-refractivity contribution < 1.29 is 19.7 Å². The zero-order valence-corrected chi connectivity index (χ0v) is 19.4. The van der Waals surface area contributed by atoms with E-state index in [-0.39, 0.29) is 29.4 Å². The van der Waals surface area contributed by atoms with Gasteiger partial charge in [0.25, 0.3) is 0 Å². The van der Waals surface area contributed by atoms with Gasteiger partial charge in [-0.2, -0.15) is 0 Å². The molecule has 0 aliphatic rings. The highest BCUT2D eigenvalue weighted by Crippen LogP contribution is 2.38. The number of hydrogen-bond donors (Lipinski definition) is 3. The van der Waals surface area contributed by atoms with Crippen LogP contribution >= 0.6 is 0 Å². The minimum Gasteiger partial charge on any atom is -0.508 e. The second-order valence-electron chi connectivity index (χ2n) is 8.66. The third-order valence-corrected chi connectivity index (χ3v) is 6.17. The summed E-state index contributed by atoms with van der Waals surface area (Å²) in [6.07, 6.45) is 1.37. The molecule has 176 valence electrons. The van der Waals surface area contributed by atoms with E-state index in [2.05, 4.69) is 9.80 Å². The van der Waals surface area contributed by atoms with E-state index in [1.807, 2.05) is 51.5 Å². The molecule has 3 aromatic carbocycles. The van der Waals surface area contributed by atoms with Gasteiger partial charge in [0.2, 0.25) is 0 Å². The molecular weight excluding hydrogens is 419 g/mol. The first-order chi connectivity index (χ1) is 15.8. The van der Waals surface area contributed by atoms with Crippen LogP contribution in [0.1, 0.15) is 42.5 Å². The lowest BCUT2D eigenvalue weighted by Gasteiger charge is -2.40.